The SMILES string of the molecule is C[N+]1=C(c2ccc(-c3ccc(-c4ccc(C5=[N+](C)CCN5)cc4)o3)cc2)NCC1. The molecule has 2 aliphatic heterocycles. The number of nitrogens with zero attached hydrogens (tertiary/aromatic N) is 2. The summed E-state index contributed by atoms with van der Waals surface area (Å²) in [4.78, 5) is 0. The van der Waals surface area contributed by atoms with Gasteiger partial charge in [-0.15, -0.1) is 0 Å². The van der Waals surface area contributed by atoms with Crippen molar-refractivity contribution in [1.29, 1.82) is 0 Å². The molecule has 146 valence electrons. The smallest absolute Gasteiger partial charge is 0.277 e. The molecule has 5 nitrogen and oxygen atoms in total. The lowest BCUT2D eigenvalue weighted by atomic mass is 10.1. The van der Waals surface area contributed by atoms with Crippen molar-refractivity contribution < 1.29 is 13.6 Å². The lowest BCUT2D eigenvalue weighted by Crippen LogP contribution is -2.22. The van der Waals surface area contributed by atoms with Crippen LogP contribution >= 0.6 is 0 Å². The highest BCUT2D eigenvalue weighted by molar-refractivity contribution is 5.96. The number of benzene rings is 2. The highest BCUT2D eigenvalue weighted by Gasteiger charge is 2.21. The first kappa shape index (κ1) is 17.7. The van der Waals surface area contributed by atoms with Gasteiger partial charge in [-0.2, -0.15) is 0 Å². The van der Waals surface area contributed by atoms with Crippen LogP contribution in [0.25, 0.3) is 22.6 Å². The Kier molecular flexibility index (Phi) is 4.43. The van der Waals surface area contributed by atoms with Crippen LogP contribution in [0.4, 0.5) is 0 Å². The van der Waals surface area contributed by atoms with E-state index in [4.69, 9.17) is 4.42 Å². The van der Waals surface area contributed by atoms with Crippen molar-refractivity contribution in [3.05, 3.63) is 71.8 Å². The van der Waals surface area contributed by atoms with Crippen LogP contribution in [-0.2, 0) is 0 Å². The first-order valence-electron chi connectivity index (χ1n) is 10.1. The molecule has 3 aromatic rings. The predicted molar refractivity (Wildman–Crippen MR) is 116 cm³/mol. The molecule has 0 fully saturated rings. The van der Waals surface area contributed by atoms with Crippen molar-refractivity contribution in [3.8, 4) is 22.6 Å². The van der Waals surface area contributed by atoms with Crippen LogP contribution in [0.2, 0.25) is 0 Å². The topological polar surface area (TPSA) is 43.2 Å². The van der Waals surface area contributed by atoms with Crippen molar-refractivity contribution in [3.63, 3.8) is 0 Å². The molecule has 2 N–H and O–H groups in total. The Labute approximate surface area is 171 Å². The normalized spacial score (nSPS) is 16.3. The van der Waals surface area contributed by atoms with Gasteiger partial charge in [0.15, 0.2) is 0 Å². The summed E-state index contributed by atoms with van der Waals surface area (Å²) in [5.74, 6) is 4.16. The van der Waals surface area contributed by atoms with Gasteiger partial charge in [0.2, 0.25) is 0 Å². The molecule has 0 aliphatic carbocycles. The van der Waals surface area contributed by atoms with E-state index in [1.54, 1.807) is 0 Å². The summed E-state index contributed by atoms with van der Waals surface area (Å²) in [6.45, 7) is 4.09. The fourth-order valence-corrected chi connectivity index (χ4v) is 4.06. The van der Waals surface area contributed by atoms with Crippen LogP contribution in [0, 0.1) is 0 Å². The molecular formula is C24H26N4O+2. The molecule has 1 aromatic heterocycles. The van der Waals surface area contributed by atoms with E-state index in [1.807, 2.05) is 12.1 Å². The zero-order valence-electron chi connectivity index (χ0n) is 16.9. The Balaban J connectivity index is 1.37. The molecule has 0 saturated heterocycles. The summed E-state index contributed by atoms with van der Waals surface area (Å²) in [5, 5.41) is 6.89. The zero-order valence-corrected chi connectivity index (χ0v) is 16.9. The van der Waals surface area contributed by atoms with E-state index in [0.29, 0.717) is 0 Å². The van der Waals surface area contributed by atoms with Gasteiger partial charge in [0.1, 0.15) is 37.7 Å². The number of furan rings is 1. The van der Waals surface area contributed by atoms with Gasteiger partial charge >= 0.3 is 0 Å². The molecule has 0 radical (unpaired) electrons. The number of rotatable bonds is 4. The molecule has 5 rings (SSSR count). The second-order valence-electron chi connectivity index (χ2n) is 7.71. The highest BCUT2D eigenvalue weighted by atomic mass is 16.3. The summed E-state index contributed by atoms with van der Waals surface area (Å²) in [7, 11) is 4.24. The summed E-state index contributed by atoms with van der Waals surface area (Å²) in [5.41, 5.74) is 4.59. The van der Waals surface area contributed by atoms with Gasteiger partial charge in [-0.05, 0) is 36.4 Å². The van der Waals surface area contributed by atoms with Crippen LogP contribution in [0.15, 0.2) is 65.1 Å². The zero-order chi connectivity index (χ0) is 19.8. The number of amidine groups is 2. The number of hydrogen-bond donors (Lipinski definition) is 2. The van der Waals surface area contributed by atoms with Crippen LogP contribution in [-0.4, -0.2) is 61.1 Å². The van der Waals surface area contributed by atoms with Crippen molar-refractivity contribution in [2.24, 2.45) is 0 Å². The van der Waals surface area contributed by atoms with Crippen molar-refractivity contribution >= 4 is 11.7 Å². The Bertz CT molecular complexity index is 1020. The maximum atomic E-state index is 6.16. The molecule has 5 heteroatoms. The average Bonchev–Trinajstić information content (AvgIpc) is 3.49. The fourth-order valence-electron chi connectivity index (χ4n) is 4.06. The van der Waals surface area contributed by atoms with Gasteiger partial charge in [-0.25, -0.2) is 0 Å². The van der Waals surface area contributed by atoms with E-state index in [9.17, 15) is 0 Å². The molecule has 2 aromatic carbocycles. The minimum absolute atomic E-state index is 0.889. The Morgan fingerprint density at radius 3 is 1.31 bits per heavy atom. The van der Waals surface area contributed by atoms with Crippen molar-refractivity contribution in [1.82, 2.24) is 10.6 Å². The first-order valence-corrected chi connectivity index (χ1v) is 10.1. The van der Waals surface area contributed by atoms with Crippen LogP contribution in [0.3, 0.4) is 0 Å². The average molecular weight is 386 g/mol. The Morgan fingerprint density at radius 2 is 0.966 bits per heavy atom. The molecule has 0 atom stereocenters. The van der Waals surface area contributed by atoms with Gasteiger partial charge in [-0.3, -0.25) is 19.8 Å². The van der Waals surface area contributed by atoms with Crippen LogP contribution in [0.1, 0.15) is 11.1 Å². The second kappa shape index (κ2) is 7.24. The van der Waals surface area contributed by atoms with Gasteiger partial charge in [0, 0.05) is 11.1 Å². The van der Waals surface area contributed by atoms with E-state index >= 15 is 0 Å². The number of likely N-dealkylation sites (N-methyl/N-ethyl adjacent to an activating group) is 2. The molecule has 0 saturated carbocycles. The molecule has 0 unspecified atom stereocenters. The lowest BCUT2D eigenvalue weighted by molar-refractivity contribution is -0.486. The third-order valence-electron chi connectivity index (χ3n) is 5.73. The van der Waals surface area contributed by atoms with E-state index < -0.39 is 0 Å². The maximum absolute atomic E-state index is 6.16. The molecule has 3 heterocycles. The monoisotopic (exact) mass is 386 g/mol. The summed E-state index contributed by atoms with van der Waals surface area (Å²) >= 11 is 0. The Hall–Kier alpha value is -3.34. The molecule has 0 spiro atoms. The minimum Gasteiger partial charge on any atom is -0.456 e. The van der Waals surface area contributed by atoms with Crippen LogP contribution < -0.4 is 10.6 Å². The van der Waals surface area contributed by atoms with E-state index in [1.165, 1.54) is 22.8 Å². The van der Waals surface area contributed by atoms with E-state index in [0.717, 1.165) is 48.8 Å². The summed E-state index contributed by atoms with van der Waals surface area (Å²) < 4.78 is 10.7. The lowest BCUT2D eigenvalue weighted by Gasteiger charge is -2.03. The quantitative estimate of drug-likeness (QED) is 0.678. The van der Waals surface area contributed by atoms with Gasteiger partial charge in [0.05, 0.1) is 25.2 Å². The molecule has 2 aliphatic rings. The number of hydrogen-bond acceptors (Lipinski definition) is 3. The third-order valence-corrected chi connectivity index (χ3v) is 5.73. The number of nitrogens with one attached hydrogen (secondary N) is 2. The van der Waals surface area contributed by atoms with E-state index in [2.05, 4.69) is 82.4 Å². The van der Waals surface area contributed by atoms with Crippen molar-refractivity contribution in [2.75, 3.05) is 40.3 Å². The molecular weight excluding hydrogens is 360 g/mol. The molecule has 29 heavy (non-hydrogen) atoms. The molecule has 0 bridgehead atoms. The highest BCUT2D eigenvalue weighted by Crippen LogP contribution is 2.29. The maximum Gasteiger partial charge on any atom is 0.277 e. The fraction of sp³-hybridized carbons (Fsp3) is 0.250. The molecule has 0 amide bonds. The minimum atomic E-state index is 0.889. The largest absolute Gasteiger partial charge is 0.456 e. The standard InChI is InChI=1S/C24H24N4O/c1-27-15-13-25-23(27)19-7-3-17(4-8-19)21-11-12-22(29-21)18-5-9-20(10-6-18)24-26-14-16-28(24)2/h3-12H,13-16H2,1-2H3/p+2. The third kappa shape index (κ3) is 3.33. The summed E-state index contributed by atoms with van der Waals surface area (Å²) in [6.07, 6.45) is 0. The van der Waals surface area contributed by atoms with Gasteiger partial charge < -0.3 is 4.42 Å². The Morgan fingerprint density at radius 1 is 0.586 bits per heavy atom. The van der Waals surface area contributed by atoms with Gasteiger partial charge in [0.25, 0.3) is 11.7 Å². The van der Waals surface area contributed by atoms with Crippen LogP contribution in [0.5, 0.6) is 0 Å². The van der Waals surface area contributed by atoms with Gasteiger partial charge in [-0.1, -0.05) is 24.3 Å². The second-order valence-corrected chi connectivity index (χ2v) is 7.71. The van der Waals surface area contributed by atoms with E-state index in [-0.39, 0.29) is 0 Å². The first-order chi connectivity index (χ1) is 14.2. The van der Waals surface area contributed by atoms with Crippen molar-refractivity contribution in [2.45, 2.75) is 0 Å². The predicted octanol–water partition coefficient (Wildman–Crippen LogP) is 2.60. The summed E-state index contributed by atoms with van der Waals surface area (Å²) in [6, 6.07) is 21.2.